The third-order valence-corrected chi connectivity index (χ3v) is 12.0. The van der Waals surface area contributed by atoms with Crippen LogP contribution in [0.1, 0.15) is 22.3 Å². The van der Waals surface area contributed by atoms with Crippen LogP contribution in [0.25, 0.3) is 64.6 Å². The van der Waals surface area contributed by atoms with Gasteiger partial charge in [-0.3, -0.25) is 0 Å². The maximum absolute atomic E-state index is 2.48. The highest BCUT2D eigenvalue weighted by molar-refractivity contribution is 6.38. The number of rotatable bonds is 6. The van der Waals surface area contributed by atoms with Crippen molar-refractivity contribution in [3.05, 3.63) is 192 Å². The fourth-order valence-corrected chi connectivity index (χ4v) is 9.19. The topological polar surface area (TPSA) is 6.48 Å². The third-order valence-electron chi connectivity index (χ3n) is 12.0. The summed E-state index contributed by atoms with van der Waals surface area (Å²) in [6.07, 6.45) is 0. The molecule has 0 amide bonds. The molecule has 0 heterocycles. The second-order valence-electron chi connectivity index (χ2n) is 15.7. The Labute approximate surface area is 327 Å². The summed E-state index contributed by atoms with van der Waals surface area (Å²) in [6.45, 7) is 8.60. The molecule has 0 aliphatic heterocycles. The van der Waals surface area contributed by atoms with Gasteiger partial charge in [0.1, 0.15) is 0 Å². The van der Waals surface area contributed by atoms with Gasteiger partial charge in [-0.05, 0) is 154 Å². The van der Waals surface area contributed by atoms with E-state index in [1.807, 2.05) is 0 Å². The zero-order valence-electron chi connectivity index (χ0n) is 32.1. The average Bonchev–Trinajstić information content (AvgIpc) is 3.71. The van der Waals surface area contributed by atoms with E-state index in [1.54, 1.807) is 0 Å². The predicted octanol–water partition coefficient (Wildman–Crippen LogP) is 15.7. The van der Waals surface area contributed by atoms with Crippen molar-refractivity contribution < 1.29 is 0 Å². The van der Waals surface area contributed by atoms with E-state index in [0.717, 1.165) is 22.7 Å². The molecule has 0 saturated heterocycles. The molecule has 11 aromatic rings. The Morgan fingerprint density at radius 3 is 0.821 bits per heavy atom. The largest absolute Gasteiger partial charge is 0.310 e. The number of aryl methyl sites for hydroxylation is 4. The molecule has 0 atom stereocenters. The molecule has 0 radical (unpaired) electrons. The highest BCUT2D eigenvalue weighted by Gasteiger charge is 2.23. The summed E-state index contributed by atoms with van der Waals surface area (Å²) in [5.74, 6) is 0. The molecule has 0 unspecified atom stereocenters. The lowest BCUT2D eigenvalue weighted by Crippen LogP contribution is -2.10. The van der Waals surface area contributed by atoms with Gasteiger partial charge in [0.15, 0.2) is 0 Å². The summed E-state index contributed by atoms with van der Waals surface area (Å²) in [5.41, 5.74) is 12.0. The summed E-state index contributed by atoms with van der Waals surface area (Å²) < 4.78 is 0. The van der Waals surface area contributed by atoms with Crippen molar-refractivity contribution in [1.82, 2.24) is 0 Å². The van der Waals surface area contributed by atoms with Crippen LogP contribution in [-0.4, -0.2) is 0 Å². The van der Waals surface area contributed by atoms with E-state index in [0.29, 0.717) is 0 Å². The van der Waals surface area contributed by atoms with E-state index in [4.69, 9.17) is 0 Å². The average molecular weight is 717 g/mol. The second kappa shape index (κ2) is 12.3. The van der Waals surface area contributed by atoms with Crippen LogP contribution in [0, 0.1) is 27.7 Å². The standard InChI is InChI=1S/C54H40N2/c1-33-11-19-37(20-12-33)55(38-21-13-34(2)14-22-38)51-29-27-43-49-32-50-44-28-30-52(56(39-23-15-35(3)16-24-39)40-25-17-36(4)18-26-40)46-10-6-8-42(54(44)46)48(50)31-47(49)41-7-5-9-45(51)53(41)43/h5-32H,1-4H3. The molecule has 2 nitrogen and oxygen atoms in total. The van der Waals surface area contributed by atoms with Gasteiger partial charge in [-0.15, -0.1) is 0 Å². The number of fused-ring (bicyclic) bond motifs is 6. The van der Waals surface area contributed by atoms with Gasteiger partial charge < -0.3 is 9.80 Å². The minimum absolute atomic E-state index is 1.15. The Kier molecular flexibility index (Phi) is 7.15. The summed E-state index contributed by atoms with van der Waals surface area (Å²) in [6, 6.07) is 63.6. The SMILES string of the molecule is Cc1ccc(N(c2ccc(C)cc2)c2ccc3c4cc5c(cc4c4cccc2c43)c2cccc3c(N(c4ccc(C)cc4)c4ccc(C)cc4)ccc5c32)cc1. The van der Waals surface area contributed by atoms with Gasteiger partial charge in [0.2, 0.25) is 0 Å². The summed E-state index contributed by atoms with van der Waals surface area (Å²) in [7, 11) is 0. The molecule has 56 heavy (non-hydrogen) atoms. The Balaban J connectivity index is 1.14. The van der Waals surface area contributed by atoms with Crippen LogP contribution < -0.4 is 9.80 Å². The van der Waals surface area contributed by atoms with E-state index in [-0.39, 0.29) is 0 Å². The van der Waals surface area contributed by atoms with Crippen molar-refractivity contribution in [2.45, 2.75) is 27.7 Å². The highest BCUT2D eigenvalue weighted by atomic mass is 15.1. The van der Waals surface area contributed by atoms with Crippen LogP contribution in [0.5, 0.6) is 0 Å². The first-order valence-corrected chi connectivity index (χ1v) is 19.6. The van der Waals surface area contributed by atoms with Crippen LogP contribution in [-0.2, 0) is 0 Å². The zero-order chi connectivity index (χ0) is 37.7. The van der Waals surface area contributed by atoms with Crippen LogP contribution in [0.2, 0.25) is 0 Å². The molecule has 0 saturated carbocycles. The maximum atomic E-state index is 2.48. The molecule has 11 rings (SSSR count). The second-order valence-corrected chi connectivity index (χ2v) is 15.7. The van der Waals surface area contributed by atoms with Gasteiger partial charge >= 0.3 is 0 Å². The molecule has 0 aromatic heterocycles. The van der Waals surface area contributed by atoms with Crippen molar-refractivity contribution in [2.75, 3.05) is 9.80 Å². The Morgan fingerprint density at radius 2 is 0.518 bits per heavy atom. The van der Waals surface area contributed by atoms with Crippen molar-refractivity contribution in [3.63, 3.8) is 0 Å². The first-order chi connectivity index (χ1) is 27.4. The van der Waals surface area contributed by atoms with Gasteiger partial charge in [-0.1, -0.05) is 119 Å². The van der Waals surface area contributed by atoms with E-state index >= 15 is 0 Å². The van der Waals surface area contributed by atoms with E-state index in [1.165, 1.54) is 98.3 Å². The summed E-state index contributed by atoms with van der Waals surface area (Å²) >= 11 is 0. The normalized spacial score (nSPS) is 11.9. The first-order valence-electron chi connectivity index (χ1n) is 19.6. The van der Waals surface area contributed by atoms with E-state index in [2.05, 4.69) is 207 Å². The molecule has 2 heteroatoms. The number of anilines is 6. The third kappa shape index (κ3) is 4.89. The van der Waals surface area contributed by atoms with Gasteiger partial charge in [0.05, 0.1) is 11.4 Å². The van der Waals surface area contributed by atoms with Crippen LogP contribution in [0.4, 0.5) is 34.1 Å². The lowest BCUT2D eigenvalue weighted by Gasteiger charge is -2.27. The predicted molar refractivity (Wildman–Crippen MR) is 242 cm³/mol. The number of hydrogen-bond acceptors (Lipinski definition) is 2. The quantitative estimate of drug-likeness (QED) is 0.169. The molecule has 0 aliphatic rings. The van der Waals surface area contributed by atoms with Crippen molar-refractivity contribution >= 4 is 98.8 Å². The number of hydrogen-bond donors (Lipinski definition) is 0. The molecular formula is C54H40N2. The van der Waals surface area contributed by atoms with Crippen LogP contribution in [0.3, 0.4) is 0 Å². The fraction of sp³-hybridized carbons (Fsp3) is 0.0741. The Bertz CT molecular complexity index is 2890. The van der Waals surface area contributed by atoms with E-state index in [9.17, 15) is 0 Å². The lowest BCUT2D eigenvalue weighted by molar-refractivity contribution is 1.28. The Hall–Kier alpha value is -6.90. The maximum Gasteiger partial charge on any atom is 0.0540 e. The molecule has 0 fully saturated rings. The number of nitrogens with zero attached hydrogens (tertiary/aromatic N) is 2. The number of benzene rings is 9. The molecule has 266 valence electrons. The summed E-state index contributed by atoms with van der Waals surface area (Å²) in [4.78, 5) is 4.82. The highest BCUT2D eigenvalue weighted by Crippen LogP contribution is 2.50. The van der Waals surface area contributed by atoms with E-state index < -0.39 is 0 Å². The monoisotopic (exact) mass is 716 g/mol. The minimum atomic E-state index is 1.15. The first kappa shape index (κ1) is 32.5. The summed E-state index contributed by atoms with van der Waals surface area (Å²) in [5, 5.41) is 15.6. The van der Waals surface area contributed by atoms with Gasteiger partial charge in [0, 0.05) is 33.5 Å². The smallest absolute Gasteiger partial charge is 0.0540 e. The van der Waals surface area contributed by atoms with Crippen molar-refractivity contribution in [2.24, 2.45) is 0 Å². The van der Waals surface area contributed by atoms with Gasteiger partial charge in [-0.25, -0.2) is 0 Å². The van der Waals surface area contributed by atoms with Gasteiger partial charge in [0.25, 0.3) is 0 Å². The van der Waals surface area contributed by atoms with Gasteiger partial charge in [-0.2, -0.15) is 0 Å². The van der Waals surface area contributed by atoms with Crippen molar-refractivity contribution in [1.29, 1.82) is 0 Å². The van der Waals surface area contributed by atoms with Crippen LogP contribution >= 0.6 is 0 Å². The fourth-order valence-electron chi connectivity index (χ4n) is 9.19. The van der Waals surface area contributed by atoms with Crippen molar-refractivity contribution in [3.8, 4) is 0 Å². The molecular weight excluding hydrogens is 677 g/mol. The lowest BCUT2D eigenvalue weighted by atomic mass is 10.0. The Morgan fingerprint density at radius 1 is 0.250 bits per heavy atom. The molecule has 0 spiro atoms. The van der Waals surface area contributed by atoms with Crippen LogP contribution in [0.15, 0.2) is 170 Å². The minimum Gasteiger partial charge on any atom is -0.310 e. The molecule has 0 bridgehead atoms. The molecule has 0 N–H and O–H groups in total. The zero-order valence-corrected chi connectivity index (χ0v) is 32.1. The molecule has 0 aliphatic carbocycles. The molecule has 11 aromatic carbocycles.